The summed E-state index contributed by atoms with van der Waals surface area (Å²) in [7, 11) is 0. The number of rotatable bonds is 7. The summed E-state index contributed by atoms with van der Waals surface area (Å²) in [5.41, 5.74) is 3.96. The second-order valence-electron chi connectivity index (χ2n) is 7.26. The smallest absolute Gasteiger partial charge is 0.195 e. The molecule has 0 aliphatic rings. The van der Waals surface area contributed by atoms with Crippen molar-refractivity contribution in [1.29, 1.82) is 5.26 Å². The molecule has 0 bridgehead atoms. The highest BCUT2D eigenvalue weighted by atomic mass is 32.1. The summed E-state index contributed by atoms with van der Waals surface area (Å²) < 4.78 is 8.44. The van der Waals surface area contributed by atoms with Gasteiger partial charge in [-0.2, -0.15) is 10.4 Å². The van der Waals surface area contributed by atoms with Gasteiger partial charge in [0.15, 0.2) is 5.82 Å². The van der Waals surface area contributed by atoms with Crippen LogP contribution in [0.25, 0.3) is 26.3 Å². The van der Waals surface area contributed by atoms with Gasteiger partial charge in [0, 0.05) is 23.6 Å². The number of azo groups is 1. The maximum Gasteiger partial charge on any atom is 0.195 e. The van der Waals surface area contributed by atoms with Gasteiger partial charge in [-0.1, -0.05) is 24.3 Å². The molecule has 0 aliphatic carbocycles. The van der Waals surface area contributed by atoms with Gasteiger partial charge in [-0.15, -0.1) is 16.5 Å². The maximum atomic E-state index is 9.89. The van der Waals surface area contributed by atoms with Crippen LogP contribution in [0.4, 0.5) is 5.82 Å². The molecule has 0 N–H and O–H groups in total. The Labute approximate surface area is 199 Å². The van der Waals surface area contributed by atoms with Gasteiger partial charge in [-0.05, 0) is 36.8 Å². The summed E-state index contributed by atoms with van der Waals surface area (Å²) in [4.78, 5) is 13.5. The van der Waals surface area contributed by atoms with Crippen molar-refractivity contribution in [2.24, 2.45) is 10.2 Å². The molecule has 0 spiro atoms. The van der Waals surface area contributed by atoms with Crippen LogP contribution in [0.15, 0.2) is 83.8 Å². The van der Waals surface area contributed by atoms with Crippen LogP contribution >= 0.6 is 11.3 Å². The molecule has 2 aromatic carbocycles. The summed E-state index contributed by atoms with van der Waals surface area (Å²) in [5.74, 6) is 1.17. The van der Waals surface area contributed by atoms with Crippen LogP contribution in [0.3, 0.4) is 0 Å². The summed E-state index contributed by atoms with van der Waals surface area (Å²) in [6.45, 7) is 2.88. The van der Waals surface area contributed by atoms with Crippen LogP contribution in [-0.2, 0) is 6.54 Å². The highest BCUT2D eigenvalue weighted by Crippen LogP contribution is 2.43. The minimum absolute atomic E-state index is 0.409. The minimum atomic E-state index is 0.409. The third-order valence-electron chi connectivity index (χ3n) is 5.15. The molecule has 0 amide bonds. The van der Waals surface area contributed by atoms with Gasteiger partial charge in [-0.3, -0.25) is 0 Å². The van der Waals surface area contributed by atoms with Crippen molar-refractivity contribution in [3.63, 3.8) is 0 Å². The molecule has 3 aromatic heterocycles. The van der Waals surface area contributed by atoms with Gasteiger partial charge in [0.2, 0.25) is 0 Å². The zero-order valence-corrected chi connectivity index (χ0v) is 19.1. The SMILES string of the molecule is CCOc1ccccc1-c1sc2c(N=NCc3ccc(-n4ccnc4)cc3)ncnc2c1C#N. The Morgan fingerprint density at radius 1 is 1.12 bits per heavy atom. The Balaban J connectivity index is 1.45. The topological polar surface area (TPSA) is 101 Å². The third-order valence-corrected chi connectivity index (χ3v) is 6.36. The Bertz CT molecular complexity index is 1500. The lowest BCUT2D eigenvalue weighted by atomic mass is 10.1. The standard InChI is InChI=1S/C25H19N7OS/c1-2-33-21-6-4-3-5-19(21)23-20(13-26)22-24(34-23)25(29-15-28-22)31-30-14-17-7-9-18(10-8-17)32-12-11-27-16-32/h3-12,15-16H,2,14H2,1H3. The quantitative estimate of drug-likeness (QED) is 0.270. The molecule has 0 saturated heterocycles. The average molecular weight is 466 g/mol. The molecule has 0 atom stereocenters. The number of fused-ring (bicyclic) bond motifs is 1. The molecule has 0 fully saturated rings. The average Bonchev–Trinajstić information content (AvgIpc) is 3.54. The molecule has 34 heavy (non-hydrogen) atoms. The Kier molecular flexibility index (Phi) is 6.05. The van der Waals surface area contributed by atoms with Crippen molar-refractivity contribution in [2.75, 3.05) is 6.61 Å². The van der Waals surface area contributed by atoms with Crippen molar-refractivity contribution in [3.8, 4) is 27.9 Å². The van der Waals surface area contributed by atoms with Crippen molar-refractivity contribution < 1.29 is 4.74 Å². The van der Waals surface area contributed by atoms with E-state index in [1.807, 2.05) is 66.2 Å². The highest BCUT2D eigenvalue weighted by Gasteiger charge is 2.20. The van der Waals surface area contributed by atoms with Crippen LogP contribution in [0.2, 0.25) is 0 Å². The third kappa shape index (κ3) is 4.14. The van der Waals surface area contributed by atoms with E-state index in [1.165, 1.54) is 17.7 Å². The van der Waals surface area contributed by atoms with Crippen molar-refractivity contribution in [3.05, 3.63) is 84.7 Å². The number of nitriles is 1. The first kappa shape index (κ1) is 21.4. The molecule has 0 radical (unpaired) electrons. The number of nitrogens with zero attached hydrogens (tertiary/aromatic N) is 7. The second kappa shape index (κ2) is 9.60. The van der Waals surface area contributed by atoms with Gasteiger partial charge in [0.1, 0.15) is 28.4 Å². The molecule has 0 aliphatic heterocycles. The molecule has 5 rings (SSSR count). The van der Waals surface area contributed by atoms with Crippen LogP contribution in [0, 0.1) is 11.3 Å². The van der Waals surface area contributed by atoms with Crippen LogP contribution in [-0.4, -0.2) is 26.1 Å². The monoisotopic (exact) mass is 465 g/mol. The van der Waals surface area contributed by atoms with Gasteiger partial charge < -0.3 is 9.30 Å². The van der Waals surface area contributed by atoms with E-state index in [-0.39, 0.29) is 0 Å². The molecule has 5 aromatic rings. The van der Waals surface area contributed by atoms with E-state index in [1.54, 1.807) is 12.5 Å². The largest absolute Gasteiger partial charge is 0.493 e. The minimum Gasteiger partial charge on any atom is -0.493 e. The van der Waals surface area contributed by atoms with E-state index in [2.05, 4.69) is 31.2 Å². The lowest BCUT2D eigenvalue weighted by Crippen LogP contribution is -1.93. The van der Waals surface area contributed by atoms with Gasteiger partial charge in [0.25, 0.3) is 0 Å². The lowest BCUT2D eigenvalue weighted by molar-refractivity contribution is 0.341. The van der Waals surface area contributed by atoms with Gasteiger partial charge >= 0.3 is 0 Å². The molecule has 8 nitrogen and oxygen atoms in total. The Morgan fingerprint density at radius 2 is 1.97 bits per heavy atom. The number of hydrogen-bond donors (Lipinski definition) is 0. The fourth-order valence-electron chi connectivity index (χ4n) is 3.57. The van der Waals surface area contributed by atoms with E-state index in [0.717, 1.165) is 32.1 Å². The second-order valence-corrected chi connectivity index (χ2v) is 8.28. The van der Waals surface area contributed by atoms with E-state index < -0.39 is 0 Å². The van der Waals surface area contributed by atoms with E-state index in [0.29, 0.717) is 30.0 Å². The van der Waals surface area contributed by atoms with Crippen molar-refractivity contribution in [1.82, 2.24) is 19.5 Å². The number of imidazole rings is 1. The molecular weight excluding hydrogens is 446 g/mol. The summed E-state index contributed by atoms with van der Waals surface area (Å²) in [6, 6.07) is 18.0. The summed E-state index contributed by atoms with van der Waals surface area (Å²) >= 11 is 1.42. The molecule has 0 saturated carbocycles. The molecule has 166 valence electrons. The van der Waals surface area contributed by atoms with E-state index in [4.69, 9.17) is 4.74 Å². The van der Waals surface area contributed by atoms with Crippen molar-refractivity contribution >= 4 is 27.4 Å². The predicted molar refractivity (Wildman–Crippen MR) is 131 cm³/mol. The van der Waals surface area contributed by atoms with Crippen molar-refractivity contribution in [2.45, 2.75) is 13.5 Å². The number of benzene rings is 2. The first-order valence-corrected chi connectivity index (χ1v) is 11.4. The highest BCUT2D eigenvalue weighted by molar-refractivity contribution is 7.23. The van der Waals surface area contributed by atoms with Crippen LogP contribution in [0.1, 0.15) is 18.1 Å². The number of hydrogen-bond acceptors (Lipinski definition) is 8. The molecule has 0 unspecified atom stereocenters. The fraction of sp³-hybridized carbons (Fsp3) is 0.120. The van der Waals surface area contributed by atoms with Crippen LogP contribution in [0.5, 0.6) is 5.75 Å². The number of thiophene rings is 1. The first-order chi connectivity index (χ1) is 16.8. The normalized spacial score (nSPS) is 11.2. The molecule has 3 heterocycles. The van der Waals surface area contributed by atoms with E-state index in [9.17, 15) is 5.26 Å². The first-order valence-electron chi connectivity index (χ1n) is 10.6. The predicted octanol–water partition coefficient (Wildman–Crippen LogP) is 6.10. The fourth-order valence-corrected chi connectivity index (χ4v) is 4.73. The Morgan fingerprint density at radius 3 is 2.74 bits per heavy atom. The summed E-state index contributed by atoms with van der Waals surface area (Å²) in [6.07, 6.45) is 6.81. The molecule has 9 heteroatoms. The number of para-hydroxylation sites is 1. The van der Waals surface area contributed by atoms with Crippen LogP contribution < -0.4 is 4.74 Å². The number of ether oxygens (including phenoxy) is 1. The number of aromatic nitrogens is 4. The molecular formula is C25H19N7OS. The summed E-state index contributed by atoms with van der Waals surface area (Å²) in [5, 5.41) is 18.6. The van der Waals surface area contributed by atoms with Gasteiger partial charge in [-0.25, -0.2) is 15.0 Å². The zero-order valence-electron chi connectivity index (χ0n) is 18.3. The van der Waals surface area contributed by atoms with Gasteiger partial charge in [0.05, 0.1) is 29.9 Å². The van der Waals surface area contributed by atoms with E-state index >= 15 is 0 Å². The maximum absolute atomic E-state index is 9.89. The zero-order chi connectivity index (χ0) is 23.3. The Hall–Kier alpha value is -4.42. The lowest BCUT2D eigenvalue weighted by Gasteiger charge is -2.08.